The molecule has 1 aromatic carbocycles. The van der Waals surface area contributed by atoms with Crippen LogP contribution in [0.1, 0.15) is 51.3 Å². The smallest absolute Gasteiger partial charge is 0.178 e. The third-order valence-electron chi connectivity index (χ3n) is 6.73. The summed E-state index contributed by atoms with van der Waals surface area (Å²) in [5.74, 6) is -0.787. The van der Waals surface area contributed by atoms with Crippen molar-refractivity contribution in [1.29, 1.82) is 0 Å². The molecule has 0 radical (unpaired) electrons. The number of aromatic nitrogens is 2. The van der Waals surface area contributed by atoms with Crippen molar-refractivity contribution in [1.82, 2.24) is 9.78 Å². The molecule has 2 heterocycles. The van der Waals surface area contributed by atoms with Crippen LogP contribution in [-0.4, -0.2) is 27.8 Å². The first-order valence-corrected chi connectivity index (χ1v) is 9.81. The molecule has 3 aliphatic rings. The van der Waals surface area contributed by atoms with Crippen LogP contribution in [0.4, 0.5) is 4.39 Å². The van der Waals surface area contributed by atoms with E-state index in [0.717, 1.165) is 37.1 Å². The van der Waals surface area contributed by atoms with Crippen LogP contribution in [0, 0.1) is 11.2 Å². The maximum absolute atomic E-state index is 13.3. The highest BCUT2D eigenvalue weighted by Gasteiger charge is 2.60. The standard InChI is InChI=1S/C22H25FN2O2/c1-14-15(2)27-22(26-14)10-4-5-17-11-20-16(12-21(17,22)3)13-24-25(20)19-8-6-18(23)7-9-19/h6-9,11,13-15H,4-5,10,12H2,1-3H3/t14-,15-,21+/m1/s1. The fourth-order valence-corrected chi connectivity index (χ4v) is 5.00. The van der Waals surface area contributed by atoms with E-state index in [-0.39, 0.29) is 23.4 Å². The minimum atomic E-state index is -0.550. The van der Waals surface area contributed by atoms with Gasteiger partial charge in [-0.05, 0) is 69.0 Å². The number of nitrogens with zero attached hydrogens (tertiary/aromatic N) is 2. The lowest BCUT2D eigenvalue weighted by molar-refractivity contribution is -0.246. The van der Waals surface area contributed by atoms with E-state index < -0.39 is 5.79 Å². The van der Waals surface area contributed by atoms with Gasteiger partial charge in [0.25, 0.3) is 0 Å². The molecular formula is C22H25FN2O2. The number of ether oxygens (including phenoxy) is 2. The number of hydrogen-bond donors (Lipinski definition) is 0. The maximum Gasteiger partial charge on any atom is 0.178 e. The molecule has 1 aromatic heterocycles. The van der Waals surface area contributed by atoms with Crippen molar-refractivity contribution in [3.05, 3.63) is 53.1 Å². The van der Waals surface area contributed by atoms with Crippen molar-refractivity contribution < 1.29 is 13.9 Å². The quantitative estimate of drug-likeness (QED) is 0.734. The van der Waals surface area contributed by atoms with Gasteiger partial charge in [-0.3, -0.25) is 0 Å². The summed E-state index contributed by atoms with van der Waals surface area (Å²) in [6.45, 7) is 6.48. The highest BCUT2D eigenvalue weighted by molar-refractivity contribution is 5.62. The molecule has 0 amide bonds. The SMILES string of the molecule is C[C@H]1OC2(CCCC3=Cc4c(cnn4-c4ccc(F)cc4)C[C@@]32C)O[C@@H]1C. The Morgan fingerprint density at radius 3 is 2.56 bits per heavy atom. The van der Waals surface area contributed by atoms with Crippen LogP contribution in [-0.2, 0) is 15.9 Å². The summed E-state index contributed by atoms with van der Waals surface area (Å²) >= 11 is 0. The zero-order valence-electron chi connectivity index (χ0n) is 16.0. The number of rotatable bonds is 1. The summed E-state index contributed by atoms with van der Waals surface area (Å²) in [7, 11) is 0. The van der Waals surface area contributed by atoms with Crippen molar-refractivity contribution >= 4 is 6.08 Å². The van der Waals surface area contributed by atoms with E-state index in [1.165, 1.54) is 23.3 Å². The molecule has 1 saturated heterocycles. The Kier molecular flexibility index (Phi) is 3.66. The van der Waals surface area contributed by atoms with Gasteiger partial charge < -0.3 is 9.47 Å². The topological polar surface area (TPSA) is 36.3 Å². The van der Waals surface area contributed by atoms with Gasteiger partial charge in [-0.2, -0.15) is 5.10 Å². The van der Waals surface area contributed by atoms with Gasteiger partial charge in [0.15, 0.2) is 5.79 Å². The predicted octanol–water partition coefficient (Wildman–Crippen LogP) is 4.66. The molecule has 0 bridgehead atoms. The van der Waals surface area contributed by atoms with Crippen molar-refractivity contribution in [3.8, 4) is 5.69 Å². The van der Waals surface area contributed by atoms with Gasteiger partial charge in [0, 0.05) is 11.8 Å². The second kappa shape index (κ2) is 5.76. The minimum Gasteiger partial charge on any atom is -0.343 e. The molecule has 27 heavy (non-hydrogen) atoms. The zero-order chi connectivity index (χ0) is 18.8. The van der Waals surface area contributed by atoms with E-state index >= 15 is 0 Å². The van der Waals surface area contributed by atoms with E-state index in [1.807, 2.05) is 10.9 Å². The average molecular weight is 368 g/mol. The molecule has 5 rings (SSSR count). The van der Waals surface area contributed by atoms with Gasteiger partial charge >= 0.3 is 0 Å². The highest BCUT2D eigenvalue weighted by atomic mass is 19.1. The number of fused-ring (bicyclic) bond motifs is 3. The van der Waals surface area contributed by atoms with E-state index in [4.69, 9.17) is 9.47 Å². The summed E-state index contributed by atoms with van der Waals surface area (Å²) in [6, 6.07) is 6.48. The van der Waals surface area contributed by atoms with Crippen molar-refractivity contribution in [3.63, 3.8) is 0 Å². The minimum absolute atomic E-state index is 0.101. The Morgan fingerprint density at radius 2 is 1.85 bits per heavy atom. The Balaban J connectivity index is 1.58. The van der Waals surface area contributed by atoms with Gasteiger partial charge in [0.2, 0.25) is 0 Å². The number of halogens is 1. The van der Waals surface area contributed by atoms with E-state index in [9.17, 15) is 4.39 Å². The third-order valence-corrected chi connectivity index (χ3v) is 6.73. The highest BCUT2D eigenvalue weighted by Crippen LogP contribution is 2.58. The molecule has 142 valence electrons. The molecule has 3 atom stereocenters. The zero-order valence-corrected chi connectivity index (χ0v) is 16.0. The monoisotopic (exact) mass is 368 g/mol. The lowest BCUT2D eigenvalue weighted by Gasteiger charge is -2.51. The van der Waals surface area contributed by atoms with Crippen LogP contribution in [0.15, 0.2) is 36.0 Å². The molecular weight excluding hydrogens is 343 g/mol. The molecule has 1 saturated carbocycles. The number of hydrogen-bond acceptors (Lipinski definition) is 3. The largest absolute Gasteiger partial charge is 0.343 e. The molecule has 0 unspecified atom stereocenters. The van der Waals surface area contributed by atoms with Crippen molar-refractivity contribution in [2.45, 2.75) is 64.4 Å². The van der Waals surface area contributed by atoms with Crippen LogP contribution in [0.5, 0.6) is 0 Å². The molecule has 4 nitrogen and oxygen atoms in total. The first kappa shape index (κ1) is 17.1. The summed E-state index contributed by atoms with van der Waals surface area (Å²) in [5, 5.41) is 4.60. The van der Waals surface area contributed by atoms with Crippen LogP contribution < -0.4 is 0 Å². The van der Waals surface area contributed by atoms with Crippen LogP contribution in [0.3, 0.4) is 0 Å². The summed E-state index contributed by atoms with van der Waals surface area (Å²) in [6.07, 6.45) is 8.26. The Bertz CT molecular complexity index is 907. The van der Waals surface area contributed by atoms with E-state index in [1.54, 1.807) is 12.1 Å². The Morgan fingerprint density at radius 1 is 1.15 bits per heavy atom. The maximum atomic E-state index is 13.3. The lowest BCUT2D eigenvalue weighted by atomic mass is 9.62. The fraction of sp³-hybridized carbons (Fsp3) is 0.500. The molecule has 1 spiro atoms. The second-order valence-electron chi connectivity index (χ2n) is 8.37. The van der Waals surface area contributed by atoms with Crippen molar-refractivity contribution in [2.24, 2.45) is 5.41 Å². The first-order chi connectivity index (χ1) is 12.9. The lowest BCUT2D eigenvalue weighted by Crippen LogP contribution is -2.53. The molecule has 5 heteroatoms. The first-order valence-electron chi connectivity index (χ1n) is 9.81. The van der Waals surface area contributed by atoms with Crippen LogP contribution in [0.25, 0.3) is 11.8 Å². The van der Waals surface area contributed by atoms with Gasteiger partial charge in [0.05, 0.1) is 29.8 Å². The molecule has 2 aromatic rings. The Labute approximate surface area is 159 Å². The van der Waals surface area contributed by atoms with Crippen molar-refractivity contribution in [2.75, 3.05) is 0 Å². The van der Waals surface area contributed by atoms with Crippen LogP contribution >= 0.6 is 0 Å². The fourth-order valence-electron chi connectivity index (χ4n) is 5.00. The molecule has 0 N–H and O–H groups in total. The van der Waals surface area contributed by atoms with Gasteiger partial charge in [-0.15, -0.1) is 0 Å². The number of benzene rings is 1. The van der Waals surface area contributed by atoms with Gasteiger partial charge in [-0.1, -0.05) is 12.5 Å². The van der Waals surface area contributed by atoms with Crippen LogP contribution in [0.2, 0.25) is 0 Å². The van der Waals surface area contributed by atoms with E-state index in [0.29, 0.717) is 0 Å². The van der Waals surface area contributed by atoms with Gasteiger partial charge in [-0.25, -0.2) is 9.07 Å². The summed E-state index contributed by atoms with van der Waals surface area (Å²) in [5.41, 5.74) is 4.33. The summed E-state index contributed by atoms with van der Waals surface area (Å²) < 4.78 is 28.1. The Hall–Kier alpha value is -1.98. The molecule has 2 fully saturated rings. The summed E-state index contributed by atoms with van der Waals surface area (Å²) in [4.78, 5) is 0. The normalized spacial score (nSPS) is 31.5. The molecule has 2 aliphatic carbocycles. The average Bonchev–Trinajstić information content (AvgIpc) is 3.16. The predicted molar refractivity (Wildman–Crippen MR) is 101 cm³/mol. The molecule has 1 aliphatic heterocycles. The second-order valence-corrected chi connectivity index (χ2v) is 8.37. The van der Waals surface area contributed by atoms with E-state index in [2.05, 4.69) is 31.9 Å². The van der Waals surface area contributed by atoms with Gasteiger partial charge in [0.1, 0.15) is 5.82 Å². The third kappa shape index (κ3) is 2.38.